The fourth-order valence-electron chi connectivity index (χ4n) is 7.26. The number of nitrogens with one attached hydrogen (secondary N) is 2. The number of benzene rings is 3. The highest BCUT2D eigenvalue weighted by Crippen LogP contribution is 2.38. The number of nitrogens with zero attached hydrogens (tertiary/aromatic N) is 1. The summed E-state index contributed by atoms with van der Waals surface area (Å²) in [6.45, 7) is 0.221. The van der Waals surface area contributed by atoms with Crippen LogP contribution in [-0.2, 0) is 38.4 Å². The summed E-state index contributed by atoms with van der Waals surface area (Å²) in [6.07, 6.45) is 5.93. The molecule has 0 spiro atoms. The molecule has 3 N–H and O–H groups in total. The number of pyridine rings is 1. The molecule has 8 rings (SSSR count). The maximum atomic E-state index is 15.0. The smallest absolute Gasteiger partial charge is 0.387 e. The summed E-state index contributed by atoms with van der Waals surface area (Å²) in [4.78, 5) is 32.2. The fraction of sp³-hybridized carbons (Fsp3) is 0.405. The lowest BCUT2D eigenvalue weighted by Crippen LogP contribution is -2.52. The number of aromatic nitrogens is 1. The second-order valence-electron chi connectivity index (χ2n) is 14.6. The number of H-pyrrole nitrogens is 1. The Bertz CT molecular complexity index is 1980. The summed E-state index contributed by atoms with van der Waals surface area (Å²) in [5.41, 5.74) is 2.66. The highest BCUT2D eigenvalue weighted by atomic mass is 35.5. The number of hydrogen-bond acceptors (Lipinski definition) is 9. The Morgan fingerprint density at radius 2 is 1.61 bits per heavy atom. The SMILES string of the molecule is O=C(Cc1ccc(CNC(C(=O)O[C@H]2CN3CCC2CC3)c2ccccc2F)cc1)O[C@@H](Cc1c(Cl)c[nH+]cc1Cl)c1ccc(OC(F)F)c(OCC2CC2)c1.[OH-]. The van der Waals surface area contributed by atoms with E-state index in [0.29, 0.717) is 51.7 Å². The number of esters is 2. The first kappa shape index (κ1) is 42.2. The summed E-state index contributed by atoms with van der Waals surface area (Å²) < 4.78 is 64.1. The van der Waals surface area contributed by atoms with Crippen LogP contribution in [0.25, 0.3) is 0 Å². The summed E-state index contributed by atoms with van der Waals surface area (Å²) in [7, 11) is 0. The molecule has 3 saturated heterocycles. The standard InChI is InChI=1S/C42H42Cl2F3N3O6.H2O/c43-32-21-48-22-33(44)31(32)19-36(29-11-12-35(56-42(46)47)37(18-29)53-24-27-9-10-27)54-39(51)17-25-5-7-26(8-6-25)20-49-40(30-3-1-2-4-34(30)45)41(52)55-38-23-50-15-13-28(38)14-16-50;/h1-8,11-12,18,21-22,27-28,36,38,40,42,49H,9-10,13-17,19-20,23-24H2;1H2/t36-,38-,40?;/m0./s1. The molecule has 15 heteroatoms. The van der Waals surface area contributed by atoms with Gasteiger partial charge in [-0.3, -0.25) is 15.0 Å². The van der Waals surface area contributed by atoms with Crippen molar-refractivity contribution >= 4 is 35.1 Å². The van der Waals surface area contributed by atoms with Crippen molar-refractivity contribution in [2.45, 2.75) is 69.9 Å². The minimum atomic E-state index is -3.05. The lowest BCUT2D eigenvalue weighted by Gasteiger charge is -2.44. The predicted molar refractivity (Wildman–Crippen MR) is 204 cm³/mol. The van der Waals surface area contributed by atoms with Gasteiger partial charge in [0, 0.05) is 30.6 Å². The number of ether oxygens (including phenoxy) is 4. The van der Waals surface area contributed by atoms with Gasteiger partial charge in [-0.2, -0.15) is 8.78 Å². The Morgan fingerprint density at radius 3 is 2.26 bits per heavy atom. The van der Waals surface area contributed by atoms with Crippen molar-refractivity contribution in [3.63, 3.8) is 0 Å². The number of halogens is 5. The van der Waals surface area contributed by atoms with Crippen LogP contribution >= 0.6 is 23.2 Å². The molecular weight excluding hydrogens is 786 g/mol. The van der Waals surface area contributed by atoms with Gasteiger partial charge in [-0.25, -0.2) is 14.2 Å². The van der Waals surface area contributed by atoms with Gasteiger partial charge in [0.2, 0.25) is 0 Å². The topological polar surface area (TPSA) is 130 Å². The molecule has 3 atom stereocenters. The van der Waals surface area contributed by atoms with Crippen molar-refractivity contribution in [2.24, 2.45) is 11.8 Å². The zero-order valence-corrected chi connectivity index (χ0v) is 32.5. The molecular formula is C42H44Cl2F3N3O7. The third kappa shape index (κ3) is 11.2. The van der Waals surface area contributed by atoms with E-state index in [-0.39, 0.29) is 48.0 Å². The first-order valence-electron chi connectivity index (χ1n) is 18.8. The number of piperidine rings is 3. The number of hydrogen-bond donors (Lipinski definition) is 1. The molecule has 4 aliphatic rings. The molecule has 4 fully saturated rings. The van der Waals surface area contributed by atoms with E-state index in [2.05, 4.69) is 15.2 Å². The minimum Gasteiger partial charge on any atom is -0.870 e. The van der Waals surface area contributed by atoms with E-state index in [0.717, 1.165) is 44.3 Å². The molecule has 1 saturated carbocycles. The number of fused-ring (bicyclic) bond motifs is 3. The Labute approximate surface area is 338 Å². The molecule has 3 aliphatic heterocycles. The first-order valence-corrected chi connectivity index (χ1v) is 19.6. The molecule has 1 aliphatic carbocycles. The van der Waals surface area contributed by atoms with E-state index in [1.165, 1.54) is 18.2 Å². The maximum Gasteiger partial charge on any atom is 0.387 e. The van der Waals surface area contributed by atoms with E-state index in [4.69, 9.17) is 42.1 Å². The lowest BCUT2D eigenvalue weighted by atomic mass is 9.86. The molecule has 10 nitrogen and oxygen atoms in total. The van der Waals surface area contributed by atoms with E-state index >= 15 is 0 Å². The van der Waals surface area contributed by atoms with Crippen molar-refractivity contribution < 1.29 is 52.2 Å². The van der Waals surface area contributed by atoms with Gasteiger partial charge in [-0.15, -0.1) is 0 Å². The van der Waals surface area contributed by atoms with Crippen molar-refractivity contribution in [3.8, 4) is 11.5 Å². The zero-order chi connectivity index (χ0) is 39.2. The number of alkyl halides is 2. The first-order chi connectivity index (χ1) is 27.1. The Morgan fingerprint density at radius 1 is 0.912 bits per heavy atom. The quantitative estimate of drug-likeness (QED) is 0.107. The lowest BCUT2D eigenvalue weighted by molar-refractivity contribution is -0.377. The summed E-state index contributed by atoms with van der Waals surface area (Å²) in [5.74, 6) is -0.933. The van der Waals surface area contributed by atoms with Gasteiger partial charge in [0.1, 0.15) is 34.1 Å². The van der Waals surface area contributed by atoms with E-state index in [9.17, 15) is 22.8 Å². The van der Waals surface area contributed by atoms with E-state index in [1.54, 1.807) is 48.8 Å². The van der Waals surface area contributed by atoms with Crippen LogP contribution in [0, 0.1) is 17.7 Å². The largest absolute Gasteiger partial charge is 0.870 e. The molecule has 0 radical (unpaired) electrons. The Kier molecular flexibility index (Phi) is 14.3. The Hall–Kier alpha value is -4.40. The molecule has 4 heterocycles. The average Bonchev–Trinajstić information content (AvgIpc) is 4.02. The van der Waals surface area contributed by atoms with E-state index in [1.807, 2.05) is 12.1 Å². The highest BCUT2D eigenvalue weighted by molar-refractivity contribution is 6.35. The molecule has 57 heavy (non-hydrogen) atoms. The Balaban J connectivity index is 0.00000549. The number of carbonyl (C=O) groups excluding carboxylic acids is 2. The van der Waals surface area contributed by atoms with Gasteiger partial charge in [-0.1, -0.05) is 71.7 Å². The zero-order valence-electron chi connectivity index (χ0n) is 31.0. The number of rotatable bonds is 17. The summed E-state index contributed by atoms with van der Waals surface area (Å²) in [6, 6.07) is 16.8. The van der Waals surface area contributed by atoms with Gasteiger partial charge in [0.15, 0.2) is 23.9 Å². The molecule has 1 unspecified atom stereocenters. The minimum absolute atomic E-state index is 0. The second-order valence-corrected chi connectivity index (χ2v) is 15.4. The fourth-order valence-corrected chi connectivity index (χ4v) is 7.79. The van der Waals surface area contributed by atoms with E-state index < -0.39 is 36.5 Å². The highest BCUT2D eigenvalue weighted by Gasteiger charge is 2.38. The van der Waals surface area contributed by atoms with Crippen LogP contribution in [-0.4, -0.2) is 61.3 Å². The monoisotopic (exact) mass is 829 g/mol. The van der Waals surface area contributed by atoms with Crippen LogP contribution < -0.4 is 19.8 Å². The van der Waals surface area contributed by atoms with Crippen molar-refractivity contribution in [1.29, 1.82) is 0 Å². The predicted octanol–water partition coefficient (Wildman–Crippen LogP) is 7.70. The van der Waals surface area contributed by atoms with Gasteiger partial charge in [-0.05, 0) is 85.5 Å². The summed E-state index contributed by atoms with van der Waals surface area (Å²) in [5, 5.41) is 3.85. The second kappa shape index (κ2) is 19.4. The van der Waals surface area contributed by atoms with Crippen molar-refractivity contribution in [1.82, 2.24) is 10.2 Å². The van der Waals surface area contributed by atoms with Crippen molar-refractivity contribution in [2.75, 3.05) is 26.2 Å². The van der Waals surface area contributed by atoms with Crippen LogP contribution in [0.15, 0.2) is 79.1 Å². The van der Waals surface area contributed by atoms with Crippen molar-refractivity contribution in [3.05, 3.63) is 123 Å². The average molecular weight is 831 g/mol. The van der Waals surface area contributed by atoms with Gasteiger partial charge in [0.05, 0.1) is 13.0 Å². The van der Waals surface area contributed by atoms with Gasteiger partial charge in [0.25, 0.3) is 0 Å². The number of aromatic amines is 1. The van der Waals surface area contributed by atoms with Crippen LogP contribution in [0.3, 0.4) is 0 Å². The normalized spacial score (nSPS) is 19.6. The molecule has 2 bridgehead atoms. The van der Waals surface area contributed by atoms with Gasteiger partial charge >= 0.3 is 18.6 Å². The summed E-state index contributed by atoms with van der Waals surface area (Å²) >= 11 is 12.9. The van der Waals surface area contributed by atoms with Crippen LogP contribution in [0.2, 0.25) is 10.0 Å². The molecule has 4 aromatic rings. The van der Waals surface area contributed by atoms with Crippen LogP contribution in [0.1, 0.15) is 65.6 Å². The van der Waals surface area contributed by atoms with Crippen LogP contribution in [0.4, 0.5) is 13.2 Å². The molecule has 3 aromatic carbocycles. The van der Waals surface area contributed by atoms with Crippen LogP contribution in [0.5, 0.6) is 11.5 Å². The third-order valence-corrected chi connectivity index (χ3v) is 11.3. The third-order valence-electron chi connectivity index (χ3n) is 10.6. The maximum absolute atomic E-state index is 15.0. The van der Waals surface area contributed by atoms with Gasteiger partial charge < -0.3 is 24.4 Å². The molecule has 1 aromatic heterocycles. The number of carbonyl (C=O) groups is 2. The molecule has 304 valence electrons. The molecule has 0 amide bonds.